The van der Waals surface area contributed by atoms with Crippen LogP contribution in [0, 0.1) is 0 Å². The zero-order chi connectivity index (χ0) is 14.7. The molecule has 1 atom stereocenters. The number of ether oxygens (including phenoxy) is 1. The summed E-state index contributed by atoms with van der Waals surface area (Å²) in [6, 6.07) is 5.72. The number of halogens is 1. The molecule has 2 rings (SSSR count). The van der Waals surface area contributed by atoms with E-state index in [-0.39, 0.29) is 11.8 Å². The molecule has 0 N–H and O–H groups in total. The van der Waals surface area contributed by atoms with Crippen molar-refractivity contribution >= 4 is 21.7 Å². The molecule has 5 heteroatoms. The molecular formula is C15H21BrN2O2. The number of likely N-dealkylation sites (N-methyl/N-ethyl adjacent to an activating group) is 2. The van der Waals surface area contributed by atoms with Crippen LogP contribution in [0.25, 0.3) is 0 Å². The van der Waals surface area contributed by atoms with Gasteiger partial charge in [-0.15, -0.1) is 0 Å². The monoisotopic (exact) mass is 340 g/mol. The summed E-state index contributed by atoms with van der Waals surface area (Å²) < 4.78 is 6.18. The molecule has 0 amide bonds. The van der Waals surface area contributed by atoms with Gasteiger partial charge in [0.2, 0.25) is 0 Å². The van der Waals surface area contributed by atoms with Crippen molar-refractivity contribution in [3.05, 3.63) is 28.2 Å². The van der Waals surface area contributed by atoms with Gasteiger partial charge in [-0.2, -0.15) is 0 Å². The van der Waals surface area contributed by atoms with Crippen LogP contribution >= 0.6 is 15.9 Å². The van der Waals surface area contributed by atoms with E-state index in [1.54, 1.807) is 7.11 Å². The van der Waals surface area contributed by atoms with Crippen molar-refractivity contribution in [3.8, 4) is 5.75 Å². The van der Waals surface area contributed by atoms with E-state index in [0.717, 1.165) is 35.4 Å². The number of benzene rings is 1. The van der Waals surface area contributed by atoms with Gasteiger partial charge in [0, 0.05) is 30.5 Å². The zero-order valence-electron chi connectivity index (χ0n) is 12.2. The molecule has 1 aliphatic heterocycles. The minimum atomic E-state index is -0.0214. The van der Waals surface area contributed by atoms with Gasteiger partial charge < -0.3 is 9.64 Å². The van der Waals surface area contributed by atoms with Crippen LogP contribution in [0.15, 0.2) is 22.7 Å². The lowest BCUT2D eigenvalue weighted by molar-refractivity contribution is -0.125. The summed E-state index contributed by atoms with van der Waals surface area (Å²) in [5.74, 6) is 1.04. The van der Waals surface area contributed by atoms with Gasteiger partial charge in [0.25, 0.3) is 0 Å². The maximum atomic E-state index is 12.5. The average molecular weight is 341 g/mol. The number of rotatable bonds is 4. The number of Topliss-reactive ketones (excluding diaryl/α,β-unsaturated/α-hetero) is 1. The van der Waals surface area contributed by atoms with Crippen molar-refractivity contribution in [2.75, 3.05) is 40.8 Å². The van der Waals surface area contributed by atoms with Crippen molar-refractivity contribution in [1.29, 1.82) is 0 Å². The second-order valence-corrected chi connectivity index (χ2v) is 6.21. The van der Waals surface area contributed by atoms with E-state index in [2.05, 4.69) is 32.8 Å². The number of piperazine rings is 1. The van der Waals surface area contributed by atoms with Crippen molar-refractivity contribution in [2.24, 2.45) is 0 Å². The Balaban J connectivity index is 2.10. The minimum absolute atomic E-state index is 0.0214. The van der Waals surface area contributed by atoms with Crippen LogP contribution in [0.1, 0.15) is 5.56 Å². The third-order valence-electron chi connectivity index (χ3n) is 3.84. The number of nitrogens with zero attached hydrogens (tertiary/aromatic N) is 2. The quantitative estimate of drug-likeness (QED) is 0.836. The standard InChI is InChI=1S/C15H21BrN2O2/c1-17-6-7-18(2)14(10-17)15(19)9-11-8-12(20-3)4-5-13(11)16/h4-5,8,14H,6-7,9-10H2,1-3H3. The number of hydrogen-bond donors (Lipinski definition) is 0. The summed E-state index contributed by atoms with van der Waals surface area (Å²) in [5, 5.41) is 0. The molecule has 1 saturated heterocycles. The largest absolute Gasteiger partial charge is 0.497 e. The second kappa shape index (κ2) is 6.70. The fourth-order valence-electron chi connectivity index (χ4n) is 2.48. The highest BCUT2D eigenvalue weighted by atomic mass is 79.9. The first-order valence-corrected chi connectivity index (χ1v) is 7.54. The highest BCUT2D eigenvalue weighted by Gasteiger charge is 2.28. The number of methoxy groups -OCH3 is 1. The van der Waals surface area contributed by atoms with Crippen molar-refractivity contribution in [3.63, 3.8) is 0 Å². The van der Waals surface area contributed by atoms with Gasteiger partial charge >= 0.3 is 0 Å². The second-order valence-electron chi connectivity index (χ2n) is 5.36. The molecule has 0 radical (unpaired) electrons. The topological polar surface area (TPSA) is 32.8 Å². The highest BCUT2D eigenvalue weighted by Crippen LogP contribution is 2.24. The maximum Gasteiger partial charge on any atom is 0.155 e. The summed E-state index contributed by atoms with van der Waals surface area (Å²) in [5.41, 5.74) is 0.982. The number of hydrogen-bond acceptors (Lipinski definition) is 4. The molecule has 110 valence electrons. The Morgan fingerprint density at radius 2 is 2.15 bits per heavy atom. The van der Waals surface area contributed by atoms with Crippen LogP contribution in [0.5, 0.6) is 5.75 Å². The Morgan fingerprint density at radius 1 is 1.40 bits per heavy atom. The first-order valence-electron chi connectivity index (χ1n) is 6.75. The molecule has 1 heterocycles. The molecule has 0 aromatic heterocycles. The molecule has 1 fully saturated rings. The van der Waals surface area contributed by atoms with Crippen LogP contribution in [0.2, 0.25) is 0 Å². The highest BCUT2D eigenvalue weighted by molar-refractivity contribution is 9.10. The first kappa shape index (κ1) is 15.5. The van der Waals surface area contributed by atoms with Gasteiger partial charge in [-0.25, -0.2) is 0 Å². The molecule has 1 aliphatic rings. The van der Waals surface area contributed by atoms with E-state index in [1.165, 1.54) is 0 Å². The zero-order valence-corrected chi connectivity index (χ0v) is 13.8. The number of carbonyl (C=O) groups is 1. The van der Waals surface area contributed by atoms with Crippen molar-refractivity contribution in [1.82, 2.24) is 9.80 Å². The number of ketones is 1. The summed E-state index contributed by atoms with van der Waals surface area (Å²) in [7, 11) is 5.73. The molecule has 1 unspecified atom stereocenters. The Morgan fingerprint density at radius 3 is 2.85 bits per heavy atom. The Hall–Kier alpha value is -0.910. The molecule has 1 aromatic rings. The fraction of sp³-hybridized carbons (Fsp3) is 0.533. The molecule has 0 saturated carbocycles. The lowest BCUT2D eigenvalue weighted by Crippen LogP contribution is -2.53. The fourth-order valence-corrected chi connectivity index (χ4v) is 2.86. The summed E-state index contributed by atoms with van der Waals surface area (Å²) >= 11 is 3.51. The van der Waals surface area contributed by atoms with Crippen LogP contribution < -0.4 is 4.74 Å². The van der Waals surface area contributed by atoms with Gasteiger partial charge in [-0.05, 0) is 37.9 Å². The van der Waals surface area contributed by atoms with Crippen LogP contribution in [-0.4, -0.2) is 62.5 Å². The van der Waals surface area contributed by atoms with Crippen LogP contribution in [-0.2, 0) is 11.2 Å². The Kier molecular flexibility index (Phi) is 5.18. The molecule has 1 aromatic carbocycles. The normalized spacial score (nSPS) is 20.9. The smallest absolute Gasteiger partial charge is 0.155 e. The molecule has 0 aliphatic carbocycles. The predicted molar refractivity (Wildman–Crippen MR) is 83.3 cm³/mol. The third-order valence-corrected chi connectivity index (χ3v) is 4.61. The van der Waals surface area contributed by atoms with E-state index < -0.39 is 0 Å². The van der Waals surface area contributed by atoms with E-state index in [0.29, 0.717) is 6.42 Å². The van der Waals surface area contributed by atoms with Gasteiger partial charge in [-0.3, -0.25) is 9.69 Å². The van der Waals surface area contributed by atoms with Crippen LogP contribution in [0.3, 0.4) is 0 Å². The van der Waals surface area contributed by atoms with E-state index >= 15 is 0 Å². The Labute approximate surface area is 128 Å². The van der Waals surface area contributed by atoms with Gasteiger partial charge in [-0.1, -0.05) is 15.9 Å². The minimum Gasteiger partial charge on any atom is -0.497 e. The first-order chi connectivity index (χ1) is 9.51. The number of carbonyl (C=O) groups excluding carboxylic acids is 1. The molecule has 0 bridgehead atoms. The van der Waals surface area contributed by atoms with E-state index in [1.807, 2.05) is 25.2 Å². The third kappa shape index (κ3) is 3.59. The van der Waals surface area contributed by atoms with E-state index in [4.69, 9.17) is 4.74 Å². The van der Waals surface area contributed by atoms with E-state index in [9.17, 15) is 4.79 Å². The van der Waals surface area contributed by atoms with Gasteiger partial charge in [0.05, 0.1) is 13.2 Å². The lowest BCUT2D eigenvalue weighted by atomic mass is 10.0. The van der Waals surface area contributed by atoms with Crippen molar-refractivity contribution in [2.45, 2.75) is 12.5 Å². The summed E-state index contributed by atoms with van der Waals surface area (Å²) in [6.07, 6.45) is 0.431. The van der Waals surface area contributed by atoms with Crippen molar-refractivity contribution < 1.29 is 9.53 Å². The predicted octanol–water partition coefficient (Wildman–Crippen LogP) is 1.82. The SMILES string of the molecule is COc1ccc(Br)c(CC(=O)C2CN(C)CCN2C)c1. The molecular weight excluding hydrogens is 320 g/mol. The molecule has 20 heavy (non-hydrogen) atoms. The Bertz CT molecular complexity index is 493. The lowest BCUT2D eigenvalue weighted by Gasteiger charge is -2.36. The summed E-state index contributed by atoms with van der Waals surface area (Å²) in [4.78, 5) is 16.9. The maximum absolute atomic E-state index is 12.5. The van der Waals surface area contributed by atoms with Gasteiger partial charge in [0.15, 0.2) is 5.78 Å². The van der Waals surface area contributed by atoms with Gasteiger partial charge in [0.1, 0.15) is 5.75 Å². The average Bonchev–Trinajstić information content (AvgIpc) is 2.43. The summed E-state index contributed by atoms with van der Waals surface area (Å²) in [6.45, 7) is 2.76. The molecule has 4 nitrogen and oxygen atoms in total. The van der Waals surface area contributed by atoms with Crippen LogP contribution in [0.4, 0.5) is 0 Å². The molecule has 0 spiro atoms.